The highest BCUT2D eigenvalue weighted by Gasteiger charge is 2.35. The summed E-state index contributed by atoms with van der Waals surface area (Å²) in [6.07, 6.45) is 3.02. The maximum Gasteiger partial charge on any atom is 0.303 e. The molecule has 6 nitrogen and oxygen atoms in total. The van der Waals surface area contributed by atoms with Crippen molar-refractivity contribution in [1.82, 2.24) is 0 Å². The van der Waals surface area contributed by atoms with Crippen LogP contribution in [0.2, 0.25) is 0 Å². The number of rotatable bonds is 6. The molecule has 1 aliphatic rings. The van der Waals surface area contributed by atoms with Gasteiger partial charge in [-0.05, 0) is 18.3 Å². The summed E-state index contributed by atoms with van der Waals surface area (Å²) in [6.45, 7) is 7.58. The molecule has 0 radical (unpaired) electrons. The van der Waals surface area contributed by atoms with Crippen LogP contribution in [0.5, 0.6) is 0 Å². The highest BCUT2D eigenvalue weighted by Crippen LogP contribution is 2.32. The van der Waals surface area contributed by atoms with E-state index in [9.17, 15) is 4.79 Å². The summed E-state index contributed by atoms with van der Waals surface area (Å²) in [5, 5.41) is 16.3. The first-order valence-electron chi connectivity index (χ1n) is 7.63. The SMILES string of the molecule is CO[C@H]1OCOC[C@H]1C(C)(C)C.N#CCCCCCC(=O)O. The van der Waals surface area contributed by atoms with Gasteiger partial charge in [-0.25, -0.2) is 0 Å². The average Bonchev–Trinajstić information content (AvgIpc) is 2.46. The Morgan fingerprint density at radius 3 is 2.50 bits per heavy atom. The highest BCUT2D eigenvalue weighted by molar-refractivity contribution is 5.66. The molecule has 1 heterocycles. The molecule has 1 aliphatic heterocycles. The number of ether oxygens (including phenoxy) is 3. The smallest absolute Gasteiger partial charge is 0.303 e. The Balaban J connectivity index is 0.000000409. The molecular formula is C16H29NO5. The van der Waals surface area contributed by atoms with Crippen molar-refractivity contribution in [2.75, 3.05) is 20.5 Å². The second-order valence-corrected chi connectivity index (χ2v) is 6.34. The molecule has 0 aliphatic carbocycles. The number of nitrogens with zero attached hydrogens (tertiary/aromatic N) is 1. The number of nitriles is 1. The highest BCUT2D eigenvalue weighted by atomic mass is 16.8. The maximum absolute atomic E-state index is 9.97. The molecule has 22 heavy (non-hydrogen) atoms. The van der Waals surface area contributed by atoms with Crippen LogP contribution in [0.25, 0.3) is 0 Å². The lowest BCUT2D eigenvalue weighted by Crippen LogP contribution is -2.42. The number of hydrogen-bond donors (Lipinski definition) is 1. The topological polar surface area (TPSA) is 88.8 Å². The van der Waals surface area contributed by atoms with Crippen LogP contribution in [0.3, 0.4) is 0 Å². The van der Waals surface area contributed by atoms with Crippen molar-refractivity contribution < 1.29 is 24.1 Å². The number of carboxylic acids is 1. The Morgan fingerprint density at radius 1 is 1.36 bits per heavy atom. The third-order valence-electron chi connectivity index (χ3n) is 3.47. The van der Waals surface area contributed by atoms with Gasteiger partial charge in [0, 0.05) is 25.9 Å². The molecule has 0 aromatic heterocycles. The van der Waals surface area contributed by atoms with Gasteiger partial charge >= 0.3 is 5.97 Å². The monoisotopic (exact) mass is 315 g/mol. The number of methoxy groups -OCH3 is 1. The van der Waals surface area contributed by atoms with Crippen molar-refractivity contribution >= 4 is 5.97 Å². The normalized spacial score (nSPS) is 21.4. The molecule has 1 fully saturated rings. The van der Waals surface area contributed by atoms with Gasteiger partial charge in [0.25, 0.3) is 0 Å². The van der Waals surface area contributed by atoms with Gasteiger partial charge in [0.15, 0.2) is 6.29 Å². The van der Waals surface area contributed by atoms with Crippen molar-refractivity contribution in [2.45, 2.75) is 59.2 Å². The first kappa shape index (κ1) is 20.8. The largest absolute Gasteiger partial charge is 0.481 e. The molecule has 0 aromatic rings. The Hall–Kier alpha value is -1.16. The lowest BCUT2D eigenvalue weighted by atomic mass is 9.80. The summed E-state index contributed by atoms with van der Waals surface area (Å²) in [5.41, 5.74) is 0.168. The Morgan fingerprint density at radius 2 is 2.05 bits per heavy atom. The summed E-state index contributed by atoms with van der Waals surface area (Å²) in [5.74, 6) is -0.437. The van der Waals surface area contributed by atoms with Gasteiger partial charge in [-0.3, -0.25) is 4.79 Å². The third kappa shape index (κ3) is 9.72. The molecule has 0 unspecified atom stereocenters. The number of aliphatic carboxylic acids is 1. The van der Waals surface area contributed by atoms with Crippen molar-refractivity contribution in [2.24, 2.45) is 11.3 Å². The van der Waals surface area contributed by atoms with Crippen LogP contribution in [0, 0.1) is 22.7 Å². The Kier molecular flexibility index (Phi) is 10.8. The van der Waals surface area contributed by atoms with Crippen LogP contribution in [0.1, 0.15) is 52.9 Å². The van der Waals surface area contributed by atoms with Crippen LogP contribution < -0.4 is 0 Å². The molecule has 0 spiro atoms. The molecule has 128 valence electrons. The predicted molar refractivity (Wildman–Crippen MR) is 82.0 cm³/mol. The third-order valence-corrected chi connectivity index (χ3v) is 3.47. The van der Waals surface area contributed by atoms with Crippen molar-refractivity contribution in [1.29, 1.82) is 5.26 Å². The van der Waals surface area contributed by atoms with Gasteiger partial charge in [-0.15, -0.1) is 0 Å². The van der Waals surface area contributed by atoms with Gasteiger partial charge in [0.1, 0.15) is 6.79 Å². The van der Waals surface area contributed by atoms with Crippen LogP contribution >= 0.6 is 0 Å². The number of carbonyl (C=O) groups is 1. The van der Waals surface area contributed by atoms with Crippen molar-refractivity contribution in [3.05, 3.63) is 0 Å². The molecule has 1 rings (SSSR count). The van der Waals surface area contributed by atoms with E-state index in [0.29, 0.717) is 25.6 Å². The molecular weight excluding hydrogens is 286 g/mol. The fraction of sp³-hybridized carbons (Fsp3) is 0.875. The van der Waals surface area contributed by atoms with E-state index in [1.807, 2.05) is 6.07 Å². The van der Waals surface area contributed by atoms with Crippen LogP contribution in [0.15, 0.2) is 0 Å². The van der Waals surface area contributed by atoms with Gasteiger partial charge in [0.05, 0.1) is 12.7 Å². The summed E-state index contributed by atoms with van der Waals surface area (Å²) >= 11 is 0. The van der Waals surface area contributed by atoms with Gasteiger partial charge < -0.3 is 19.3 Å². The van der Waals surface area contributed by atoms with Gasteiger partial charge in [-0.2, -0.15) is 5.26 Å². The van der Waals surface area contributed by atoms with E-state index in [4.69, 9.17) is 24.6 Å². The molecule has 0 bridgehead atoms. The number of carboxylic acid groups (broad SMARTS) is 1. The lowest BCUT2D eigenvalue weighted by molar-refractivity contribution is -0.272. The zero-order valence-corrected chi connectivity index (χ0v) is 14.1. The summed E-state index contributed by atoms with van der Waals surface area (Å²) in [4.78, 5) is 9.97. The zero-order valence-electron chi connectivity index (χ0n) is 14.1. The van der Waals surface area contributed by atoms with Crippen LogP contribution in [-0.4, -0.2) is 37.9 Å². The van der Waals surface area contributed by atoms with Crippen LogP contribution in [0.4, 0.5) is 0 Å². The summed E-state index contributed by atoms with van der Waals surface area (Å²) < 4.78 is 15.8. The van der Waals surface area contributed by atoms with E-state index in [0.717, 1.165) is 19.4 Å². The quantitative estimate of drug-likeness (QED) is 0.757. The average molecular weight is 315 g/mol. The van der Waals surface area contributed by atoms with Crippen molar-refractivity contribution in [3.63, 3.8) is 0 Å². The molecule has 0 saturated carbocycles. The van der Waals surface area contributed by atoms with E-state index < -0.39 is 5.97 Å². The fourth-order valence-corrected chi connectivity index (χ4v) is 2.03. The minimum absolute atomic E-state index is 0.112. The standard InChI is InChI=1S/C9H18O3.C7H11NO2/c1-9(2,3)7-5-11-6-12-8(7)10-4;8-6-4-2-1-3-5-7(9)10/h7-8H,5-6H2,1-4H3;1-5H2,(H,9,10)/t7-,8+;/m1./s1. The van der Waals surface area contributed by atoms with E-state index in [1.165, 1.54) is 0 Å². The maximum atomic E-state index is 9.97. The molecule has 0 aromatic carbocycles. The summed E-state index contributed by atoms with van der Waals surface area (Å²) in [7, 11) is 1.68. The van der Waals surface area contributed by atoms with E-state index >= 15 is 0 Å². The van der Waals surface area contributed by atoms with Crippen molar-refractivity contribution in [3.8, 4) is 6.07 Å². The summed E-state index contributed by atoms with van der Waals surface area (Å²) in [6, 6.07) is 2.01. The van der Waals surface area contributed by atoms with Crippen LogP contribution in [-0.2, 0) is 19.0 Å². The Labute approximate surface area is 133 Å². The molecule has 1 N–H and O–H groups in total. The first-order valence-corrected chi connectivity index (χ1v) is 7.63. The lowest BCUT2D eigenvalue weighted by Gasteiger charge is -2.38. The van der Waals surface area contributed by atoms with E-state index in [1.54, 1.807) is 7.11 Å². The first-order chi connectivity index (χ1) is 10.3. The molecule has 0 amide bonds. The number of unbranched alkanes of at least 4 members (excludes halogenated alkanes) is 3. The Bertz CT molecular complexity index is 345. The number of hydrogen-bond acceptors (Lipinski definition) is 5. The molecule has 1 saturated heterocycles. The fourth-order valence-electron chi connectivity index (χ4n) is 2.03. The minimum atomic E-state index is -0.753. The second kappa shape index (κ2) is 11.4. The predicted octanol–water partition coefficient (Wildman–Crippen LogP) is 3.17. The second-order valence-electron chi connectivity index (χ2n) is 6.34. The molecule has 2 atom stereocenters. The minimum Gasteiger partial charge on any atom is -0.481 e. The van der Waals surface area contributed by atoms with Gasteiger partial charge in [-0.1, -0.05) is 27.2 Å². The van der Waals surface area contributed by atoms with E-state index in [-0.39, 0.29) is 18.1 Å². The zero-order chi connectivity index (χ0) is 17.0. The van der Waals surface area contributed by atoms with Gasteiger partial charge in [0.2, 0.25) is 0 Å². The van der Waals surface area contributed by atoms with E-state index in [2.05, 4.69) is 20.8 Å². The molecule has 6 heteroatoms.